The second-order valence-electron chi connectivity index (χ2n) is 3.94. The molecule has 2 rings (SSSR count). The third kappa shape index (κ3) is 3.30. The molecule has 0 aliphatic rings. The van der Waals surface area contributed by atoms with Crippen LogP contribution in [0.5, 0.6) is 0 Å². The van der Waals surface area contributed by atoms with Crippen LogP contribution in [0.3, 0.4) is 0 Å². The number of hydrogen-bond donors (Lipinski definition) is 1. The van der Waals surface area contributed by atoms with Crippen molar-refractivity contribution in [3.63, 3.8) is 0 Å². The van der Waals surface area contributed by atoms with E-state index in [2.05, 4.69) is 24.3 Å². The minimum Gasteiger partial charge on any atom is -0.392 e. The van der Waals surface area contributed by atoms with Crippen molar-refractivity contribution in [2.75, 3.05) is 6.61 Å². The highest BCUT2D eigenvalue weighted by Crippen LogP contribution is 2.19. The largest absolute Gasteiger partial charge is 0.392 e. The highest BCUT2D eigenvalue weighted by Gasteiger charge is 2.01. The molecule has 17 heavy (non-hydrogen) atoms. The van der Waals surface area contributed by atoms with Crippen LogP contribution in [0.25, 0.3) is 5.57 Å². The van der Waals surface area contributed by atoms with Crippen molar-refractivity contribution >= 4 is 5.57 Å². The molecular formula is C16H16O. The minimum absolute atomic E-state index is 0.0804. The van der Waals surface area contributed by atoms with Crippen molar-refractivity contribution in [3.05, 3.63) is 77.9 Å². The fourth-order valence-corrected chi connectivity index (χ4v) is 1.87. The Hall–Kier alpha value is -1.86. The van der Waals surface area contributed by atoms with Crippen LogP contribution < -0.4 is 0 Å². The van der Waals surface area contributed by atoms with Gasteiger partial charge >= 0.3 is 0 Å². The Morgan fingerprint density at radius 1 is 0.882 bits per heavy atom. The molecule has 1 nitrogen and oxygen atoms in total. The topological polar surface area (TPSA) is 20.2 Å². The summed E-state index contributed by atoms with van der Waals surface area (Å²) in [5.41, 5.74) is 3.60. The summed E-state index contributed by atoms with van der Waals surface area (Å²) in [4.78, 5) is 0. The molecule has 0 unspecified atom stereocenters. The molecule has 0 saturated heterocycles. The molecule has 0 amide bonds. The average Bonchev–Trinajstić information content (AvgIpc) is 2.40. The molecule has 2 aromatic carbocycles. The van der Waals surface area contributed by atoms with Crippen molar-refractivity contribution in [1.82, 2.24) is 0 Å². The van der Waals surface area contributed by atoms with Gasteiger partial charge < -0.3 is 5.11 Å². The Bertz CT molecular complexity index is 471. The Morgan fingerprint density at radius 2 is 1.47 bits per heavy atom. The van der Waals surface area contributed by atoms with Gasteiger partial charge in [-0.3, -0.25) is 0 Å². The lowest BCUT2D eigenvalue weighted by atomic mass is 9.98. The van der Waals surface area contributed by atoms with Crippen molar-refractivity contribution in [2.45, 2.75) is 6.42 Å². The van der Waals surface area contributed by atoms with Crippen molar-refractivity contribution in [3.8, 4) is 0 Å². The molecule has 0 heterocycles. The number of benzene rings is 2. The van der Waals surface area contributed by atoms with Crippen molar-refractivity contribution in [1.29, 1.82) is 0 Å². The molecule has 0 saturated carbocycles. The summed E-state index contributed by atoms with van der Waals surface area (Å²) in [7, 11) is 0. The summed E-state index contributed by atoms with van der Waals surface area (Å²) in [6.07, 6.45) is 2.73. The molecule has 0 radical (unpaired) electrons. The van der Waals surface area contributed by atoms with E-state index in [9.17, 15) is 0 Å². The molecule has 0 fully saturated rings. The highest BCUT2D eigenvalue weighted by atomic mass is 16.2. The standard InChI is InChI=1S/C16H16O/c17-12-11-16(15-9-5-2-6-10-15)13-14-7-3-1-4-8-14/h1-11,17H,12-13H2/b16-11+. The van der Waals surface area contributed by atoms with Gasteiger partial charge in [-0.05, 0) is 23.1 Å². The Morgan fingerprint density at radius 3 is 2.06 bits per heavy atom. The smallest absolute Gasteiger partial charge is 0.0618 e. The van der Waals surface area contributed by atoms with E-state index >= 15 is 0 Å². The SMILES string of the molecule is OC/C=C(\Cc1ccccc1)c1ccccc1. The number of hydrogen-bond acceptors (Lipinski definition) is 1. The maximum Gasteiger partial charge on any atom is 0.0618 e. The first-order valence-electron chi connectivity index (χ1n) is 5.79. The van der Waals surface area contributed by atoms with Gasteiger partial charge in [-0.15, -0.1) is 0 Å². The summed E-state index contributed by atoms with van der Waals surface area (Å²) in [6.45, 7) is 0.0804. The lowest BCUT2D eigenvalue weighted by Crippen LogP contribution is -1.92. The Balaban J connectivity index is 2.23. The molecule has 0 bridgehead atoms. The molecule has 2 aromatic rings. The quantitative estimate of drug-likeness (QED) is 0.844. The van der Waals surface area contributed by atoms with Gasteiger partial charge in [0.15, 0.2) is 0 Å². The van der Waals surface area contributed by atoms with Crippen molar-refractivity contribution < 1.29 is 5.11 Å². The van der Waals surface area contributed by atoms with E-state index in [1.165, 1.54) is 16.7 Å². The monoisotopic (exact) mass is 224 g/mol. The molecule has 1 N–H and O–H groups in total. The molecule has 0 atom stereocenters. The summed E-state index contributed by atoms with van der Waals surface area (Å²) in [5, 5.41) is 9.10. The molecule has 0 aromatic heterocycles. The van der Waals surface area contributed by atoms with Crippen LogP contribution in [-0.4, -0.2) is 11.7 Å². The fourth-order valence-electron chi connectivity index (χ4n) is 1.87. The Kier molecular flexibility index (Phi) is 4.11. The summed E-state index contributed by atoms with van der Waals surface area (Å²) < 4.78 is 0. The average molecular weight is 224 g/mol. The van der Waals surface area contributed by atoms with E-state index in [-0.39, 0.29) is 6.61 Å². The van der Waals surface area contributed by atoms with Crippen LogP contribution in [-0.2, 0) is 6.42 Å². The molecule has 0 aliphatic carbocycles. The van der Waals surface area contributed by atoms with Gasteiger partial charge in [-0.2, -0.15) is 0 Å². The zero-order valence-corrected chi connectivity index (χ0v) is 9.71. The van der Waals surface area contributed by atoms with Gasteiger partial charge in [0.25, 0.3) is 0 Å². The number of aliphatic hydroxyl groups is 1. The number of allylic oxidation sites excluding steroid dienone is 1. The van der Waals surface area contributed by atoms with Gasteiger partial charge in [0, 0.05) is 0 Å². The van der Waals surface area contributed by atoms with Gasteiger partial charge in [-0.1, -0.05) is 66.7 Å². The maximum absolute atomic E-state index is 9.10. The highest BCUT2D eigenvalue weighted by molar-refractivity contribution is 5.67. The van der Waals surface area contributed by atoms with Crippen LogP contribution in [0.1, 0.15) is 11.1 Å². The molecular weight excluding hydrogens is 208 g/mol. The van der Waals surface area contributed by atoms with E-state index in [0.29, 0.717) is 0 Å². The van der Waals surface area contributed by atoms with Gasteiger partial charge in [-0.25, -0.2) is 0 Å². The van der Waals surface area contributed by atoms with Gasteiger partial charge in [0.2, 0.25) is 0 Å². The van der Waals surface area contributed by atoms with E-state index < -0.39 is 0 Å². The summed E-state index contributed by atoms with van der Waals surface area (Å²) in [5.74, 6) is 0. The maximum atomic E-state index is 9.10. The zero-order valence-electron chi connectivity index (χ0n) is 9.71. The third-order valence-electron chi connectivity index (χ3n) is 2.72. The third-order valence-corrected chi connectivity index (χ3v) is 2.72. The zero-order chi connectivity index (χ0) is 11.9. The van der Waals surface area contributed by atoms with E-state index in [0.717, 1.165) is 6.42 Å². The molecule has 86 valence electrons. The predicted molar refractivity (Wildman–Crippen MR) is 71.7 cm³/mol. The van der Waals surface area contributed by atoms with Gasteiger partial charge in [0.1, 0.15) is 0 Å². The van der Waals surface area contributed by atoms with Crippen LogP contribution in [0.4, 0.5) is 0 Å². The van der Waals surface area contributed by atoms with Crippen LogP contribution in [0.2, 0.25) is 0 Å². The van der Waals surface area contributed by atoms with E-state index in [1.807, 2.05) is 42.5 Å². The Labute approximate surface area is 102 Å². The first kappa shape index (κ1) is 11.6. The normalized spacial score (nSPS) is 11.5. The number of rotatable bonds is 4. The lowest BCUT2D eigenvalue weighted by molar-refractivity contribution is 0.343. The molecule has 0 spiro atoms. The van der Waals surface area contributed by atoms with E-state index in [1.54, 1.807) is 0 Å². The summed E-state index contributed by atoms with van der Waals surface area (Å²) >= 11 is 0. The van der Waals surface area contributed by atoms with Crippen LogP contribution in [0, 0.1) is 0 Å². The minimum atomic E-state index is 0.0804. The van der Waals surface area contributed by atoms with Gasteiger partial charge in [0.05, 0.1) is 6.61 Å². The van der Waals surface area contributed by atoms with E-state index in [4.69, 9.17) is 5.11 Å². The fraction of sp³-hybridized carbons (Fsp3) is 0.125. The molecule has 0 aliphatic heterocycles. The van der Waals surface area contributed by atoms with Crippen molar-refractivity contribution in [2.24, 2.45) is 0 Å². The second kappa shape index (κ2) is 6.02. The number of aliphatic hydroxyl groups excluding tert-OH is 1. The lowest BCUT2D eigenvalue weighted by Gasteiger charge is -2.07. The predicted octanol–water partition coefficient (Wildman–Crippen LogP) is 3.31. The second-order valence-corrected chi connectivity index (χ2v) is 3.94. The first-order valence-corrected chi connectivity index (χ1v) is 5.79. The van der Waals surface area contributed by atoms with Crippen LogP contribution >= 0.6 is 0 Å². The molecule has 1 heteroatoms. The van der Waals surface area contributed by atoms with Crippen LogP contribution in [0.15, 0.2) is 66.7 Å². The summed E-state index contributed by atoms with van der Waals surface area (Å²) in [6, 6.07) is 20.5. The first-order chi connectivity index (χ1) is 8.40.